The van der Waals surface area contributed by atoms with Crippen molar-refractivity contribution < 1.29 is 9.53 Å². The maximum absolute atomic E-state index is 12.1. The number of ether oxygens (including phenoxy) is 1. The number of pyridine rings is 1. The molecule has 1 aromatic heterocycles. The highest BCUT2D eigenvalue weighted by Crippen LogP contribution is 2.12. The van der Waals surface area contributed by atoms with Crippen molar-refractivity contribution in [2.45, 2.75) is 6.61 Å². The second kappa shape index (κ2) is 8.40. The van der Waals surface area contributed by atoms with Gasteiger partial charge in [0.05, 0.1) is 6.21 Å². The minimum Gasteiger partial charge on any atom is -0.489 e. The lowest BCUT2D eigenvalue weighted by atomic mass is 10.1. The molecular formula is C20H17N3O2. The molecule has 0 unspecified atom stereocenters. The van der Waals surface area contributed by atoms with Gasteiger partial charge in [0.25, 0.3) is 5.91 Å². The van der Waals surface area contributed by atoms with Crippen LogP contribution in [0.3, 0.4) is 0 Å². The normalized spacial score (nSPS) is 10.6. The van der Waals surface area contributed by atoms with Gasteiger partial charge in [-0.3, -0.25) is 9.78 Å². The van der Waals surface area contributed by atoms with Crippen LogP contribution in [0.2, 0.25) is 0 Å². The molecule has 0 aliphatic heterocycles. The van der Waals surface area contributed by atoms with Gasteiger partial charge in [0.15, 0.2) is 0 Å². The zero-order chi connectivity index (χ0) is 17.3. The smallest absolute Gasteiger partial charge is 0.271 e. The van der Waals surface area contributed by atoms with E-state index in [4.69, 9.17) is 4.74 Å². The summed E-state index contributed by atoms with van der Waals surface area (Å²) in [5.74, 6) is 0.546. The first-order chi connectivity index (χ1) is 12.3. The highest BCUT2D eigenvalue weighted by molar-refractivity contribution is 5.94. The number of amides is 1. The van der Waals surface area contributed by atoms with E-state index in [-0.39, 0.29) is 5.91 Å². The van der Waals surface area contributed by atoms with Crippen LogP contribution in [-0.4, -0.2) is 17.1 Å². The van der Waals surface area contributed by atoms with Gasteiger partial charge >= 0.3 is 0 Å². The Kier molecular flexibility index (Phi) is 5.51. The van der Waals surface area contributed by atoms with Gasteiger partial charge in [0, 0.05) is 23.5 Å². The van der Waals surface area contributed by atoms with Crippen molar-refractivity contribution in [2.24, 2.45) is 5.10 Å². The molecule has 0 fully saturated rings. The first-order valence-corrected chi connectivity index (χ1v) is 7.81. The molecule has 3 rings (SSSR count). The molecular weight excluding hydrogens is 314 g/mol. The molecule has 5 nitrogen and oxygen atoms in total. The summed E-state index contributed by atoms with van der Waals surface area (Å²) in [5.41, 5.74) is 4.83. The minimum absolute atomic E-state index is 0.268. The molecule has 0 radical (unpaired) electrons. The van der Waals surface area contributed by atoms with Gasteiger partial charge in [0.1, 0.15) is 12.4 Å². The van der Waals surface area contributed by atoms with E-state index in [9.17, 15) is 4.79 Å². The van der Waals surface area contributed by atoms with Gasteiger partial charge in [-0.1, -0.05) is 36.4 Å². The van der Waals surface area contributed by atoms with E-state index < -0.39 is 0 Å². The standard InChI is InChI=1S/C20H17N3O2/c24-20(23-22-14-17-5-4-12-21-13-17)18-10-8-16(9-11-18)15-25-19-6-2-1-3-7-19/h1-14H,15H2,(H,23,24)/b22-14-. The Morgan fingerprint density at radius 2 is 1.84 bits per heavy atom. The number of nitrogens with zero attached hydrogens (tertiary/aromatic N) is 2. The highest BCUT2D eigenvalue weighted by Gasteiger charge is 2.04. The zero-order valence-electron chi connectivity index (χ0n) is 13.5. The molecule has 0 atom stereocenters. The lowest BCUT2D eigenvalue weighted by Crippen LogP contribution is -2.17. The van der Waals surface area contributed by atoms with Gasteiger partial charge in [0.2, 0.25) is 0 Å². The van der Waals surface area contributed by atoms with E-state index in [0.29, 0.717) is 12.2 Å². The molecule has 0 saturated carbocycles. The predicted molar refractivity (Wildman–Crippen MR) is 96.5 cm³/mol. The lowest BCUT2D eigenvalue weighted by Gasteiger charge is -2.06. The molecule has 1 heterocycles. The van der Waals surface area contributed by atoms with Crippen molar-refractivity contribution in [1.82, 2.24) is 10.4 Å². The molecule has 3 aromatic rings. The van der Waals surface area contributed by atoms with Crippen molar-refractivity contribution in [3.8, 4) is 5.75 Å². The number of hydrazone groups is 1. The summed E-state index contributed by atoms with van der Waals surface area (Å²) in [4.78, 5) is 16.0. The fraction of sp³-hybridized carbons (Fsp3) is 0.0500. The molecule has 2 aromatic carbocycles. The molecule has 0 aliphatic carbocycles. The highest BCUT2D eigenvalue weighted by atomic mass is 16.5. The number of aromatic nitrogens is 1. The van der Waals surface area contributed by atoms with Gasteiger partial charge in [-0.15, -0.1) is 0 Å². The molecule has 0 saturated heterocycles. The first-order valence-electron chi connectivity index (χ1n) is 7.81. The van der Waals surface area contributed by atoms with Crippen LogP contribution in [-0.2, 0) is 6.61 Å². The van der Waals surface area contributed by atoms with Crippen LogP contribution in [0.5, 0.6) is 5.75 Å². The number of hydrogen-bond acceptors (Lipinski definition) is 4. The summed E-state index contributed by atoms with van der Waals surface area (Å²) in [6.07, 6.45) is 4.89. The van der Waals surface area contributed by atoms with Crippen LogP contribution in [0.25, 0.3) is 0 Å². The molecule has 0 bridgehead atoms. The summed E-state index contributed by atoms with van der Waals surface area (Å²) in [5, 5.41) is 3.93. The summed E-state index contributed by atoms with van der Waals surface area (Å²) in [6.45, 7) is 0.449. The van der Waals surface area contributed by atoms with Crippen LogP contribution in [0.15, 0.2) is 84.2 Å². The molecule has 25 heavy (non-hydrogen) atoms. The van der Waals surface area contributed by atoms with E-state index in [1.54, 1.807) is 36.8 Å². The Morgan fingerprint density at radius 3 is 2.56 bits per heavy atom. The molecule has 1 N–H and O–H groups in total. The first kappa shape index (κ1) is 16.4. The molecule has 0 spiro atoms. The number of benzene rings is 2. The Bertz CT molecular complexity index is 832. The van der Waals surface area contributed by atoms with Crippen molar-refractivity contribution in [2.75, 3.05) is 0 Å². The summed E-state index contributed by atoms with van der Waals surface area (Å²) < 4.78 is 5.68. The van der Waals surface area contributed by atoms with Crippen molar-refractivity contribution in [1.29, 1.82) is 0 Å². The Labute approximate surface area is 146 Å². The van der Waals surface area contributed by atoms with Crippen molar-refractivity contribution >= 4 is 12.1 Å². The largest absolute Gasteiger partial charge is 0.489 e. The van der Waals surface area contributed by atoms with E-state index >= 15 is 0 Å². The van der Waals surface area contributed by atoms with Crippen LogP contribution < -0.4 is 10.2 Å². The number of nitrogens with one attached hydrogen (secondary N) is 1. The van der Waals surface area contributed by atoms with E-state index in [0.717, 1.165) is 16.9 Å². The average molecular weight is 331 g/mol. The third-order valence-corrected chi connectivity index (χ3v) is 3.43. The molecule has 0 aliphatic rings. The van der Waals surface area contributed by atoms with E-state index in [2.05, 4.69) is 15.5 Å². The topological polar surface area (TPSA) is 63.6 Å². The maximum atomic E-state index is 12.1. The molecule has 124 valence electrons. The summed E-state index contributed by atoms with van der Waals surface area (Å²) in [7, 11) is 0. The van der Waals surface area contributed by atoms with Gasteiger partial charge < -0.3 is 4.74 Å². The van der Waals surface area contributed by atoms with E-state index in [1.165, 1.54) is 0 Å². The summed E-state index contributed by atoms with van der Waals surface area (Å²) >= 11 is 0. The fourth-order valence-electron chi connectivity index (χ4n) is 2.12. The summed E-state index contributed by atoms with van der Waals surface area (Å²) in [6, 6.07) is 20.5. The quantitative estimate of drug-likeness (QED) is 0.556. The Balaban J connectivity index is 1.52. The minimum atomic E-state index is -0.268. The number of para-hydroxylation sites is 1. The van der Waals surface area contributed by atoms with Crippen LogP contribution in [0, 0.1) is 0 Å². The van der Waals surface area contributed by atoms with E-state index in [1.807, 2.05) is 48.5 Å². The number of carbonyl (C=O) groups is 1. The lowest BCUT2D eigenvalue weighted by molar-refractivity contribution is 0.0955. The van der Waals surface area contributed by atoms with Gasteiger partial charge in [-0.25, -0.2) is 5.43 Å². The zero-order valence-corrected chi connectivity index (χ0v) is 13.5. The number of carbonyl (C=O) groups excluding carboxylic acids is 1. The van der Waals surface area contributed by atoms with Crippen molar-refractivity contribution in [3.63, 3.8) is 0 Å². The molecule has 1 amide bonds. The third-order valence-electron chi connectivity index (χ3n) is 3.43. The van der Waals surface area contributed by atoms with Crippen LogP contribution in [0.1, 0.15) is 21.5 Å². The van der Waals surface area contributed by atoms with Gasteiger partial charge in [-0.05, 0) is 35.9 Å². The average Bonchev–Trinajstić information content (AvgIpc) is 2.68. The van der Waals surface area contributed by atoms with Gasteiger partial charge in [-0.2, -0.15) is 5.10 Å². The predicted octanol–water partition coefficient (Wildman–Crippen LogP) is 3.42. The third kappa shape index (κ3) is 5.00. The SMILES string of the molecule is O=C(N/N=C\c1cccnc1)c1ccc(COc2ccccc2)cc1. The number of rotatable bonds is 6. The Hall–Kier alpha value is -3.47. The number of hydrogen-bond donors (Lipinski definition) is 1. The fourth-order valence-corrected chi connectivity index (χ4v) is 2.12. The Morgan fingerprint density at radius 1 is 1.04 bits per heavy atom. The second-order valence-electron chi connectivity index (χ2n) is 5.28. The molecule has 5 heteroatoms. The maximum Gasteiger partial charge on any atom is 0.271 e. The monoisotopic (exact) mass is 331 g/mol. The van der Waals surface area contributed by atoms with Crippen molar-refractivity contribution in [3.05, 3.63) is 95.8 Å². The second-order valence-corrected chi connectivity index (χ2v) is 5.28. The van der Waals surface area contributed by atoms with Crippen LogP contribution in [0.4, 0.5) is 0 Å². The van der Waals surface area contributed by atoms with Crippen LogP contribution >= 0.6 is 0 Å².